The summed E-state index contributed by atoms with van der Waals surface area (Å²) in [6, 6.07) is 7.36. The molecule has 0 spiro atoms. The molecule has 0 aromatic heterocycles. The van der Waals surface area contributed by atoms with Gasteiger partial charge in [0.1, 0.15) is 0 Å². The van der Waals surface area contributed by atoms with Gasteiger partial charge in [-0.2, -0.15) is 0 Å². The standard InChI is InChI=1S/C16H21NO4S/c1-11(2)22-13-5-3-12(4-6-13)15(20)17-16(9-14(18)19)7-8-21-10-16/h3-6,11H,7-10H2,1-2H3,(H,17,20)(H,18,19). The number of rotatable bonds is 6. The van der Waals surface area contributed by atoms with Crippen LogP contribution in [0.3, 0.4) is 0 Å². The Morgan fingerprint density at radius 2 is 2.05 bits per heavy atom. The average molecular weight is 323 g/mol. The molecular weight excluding hydrogens is 302 g/mol. The van der Waals surface area contributed by atoms with E-state index in [0.717, 1.165) is 4.90 Å². The largest absolute Gasteiger partial charge is 0.481 e. The predicted molar refractivity (Wildman–Crippen MR) is 85.3 cm³/mol. The number of thioether (sulfide) groups is 1. The van der Waals surface area contributed by atoms with Crippen LogP contribution in [0.2, 0.25) is 0 Å². The first-order valence-corrected chi connectivity index (χ1v) is 8.17. The Kier molecular flexibility index (Phi) is 5.47. The van der Waals surface area contributed by atoms with Gasteiger partial charge in [-0.25, -0.2) is 0 Å². The second-order valence-corrected chi connectivity index (χ2v) is 7.45. The number of nitrogens with one attached hydrogen (secondary N) is 1. The van der Waals surface area contributed by atoms with E-state index in [1.807, 2.05) is 12.1 Å². The van der Waals surface area contributed by atoms with Gasteiger partial charge in [0, 0.05) is 22.3 Å². The second-order valence-electron chi connectivity index (χ2n) is 5.80. The summed E-state index contributed by atoms with van der Waals surface area (Å²) in [6.07, 6.45) is 0.395. The minimum absolute atomic E-state index is 0.125. The van der Waals surface area contributed by atoms with Gasteiger partial charge in [0.15, 0.2) is 0 Å². The maximum atomic E-state index is 12.4. The van der Waals surface area contributed by atoms with E-state index >= 15 is 0 Å². The molecule has 1 aliphatic heterocycles. The number of carbonyl (C=O) groups excluding carboxylic acids is 1. The summed E-state index contributed by atoms with van der Waals surface area (Å²) >= 11 is 1.73. The molecule has 0 radical (unpaired) electrons. The maximum absolute atomic E-state index is 12.4. The van der Waals surface area contributed by atoms with Crippen molar-refractivity contribution in [2.24, 2.45) is 0 Å². The zero-order chi connectivity index (χ0) is 16.2. The number of carbonyl (C=O) groups is 2. The molecule has 1 aromatic carbocycles. The van der Waals surface area contributed by atoms with Crippen LogP contribution in [-0.2, 0) is 9.53 Å². The van der Waals surface area contributed by atoms with Crippen molar-refractivity contribution in [3.63, 3.8) is 0 Å². The molecule has 2 rings (SSSR count). The van der Waals surface area contributed by atoms with E-state index in [0.29, 0.717) is 23.8 Å². The normalized spacial score (nSPS) is 21.0. The topological polar surface area (TPSA) is 75.6 Å². The lowest BCUT2D eigenvalue weighted by atomic mass is 9.94. The van der Waals surface area contributed by atoms with Gasteiger partial charge in [-0.05, 0) is 30.7 Å². The van der Waals surface area contributed by atoms with E-state index in [1.54, 1.807) is 23.9 Å². The molecule has 120 valence electrons. The fourth-order valence-corrected chi connectivity index (χ4v) is 3.29. The molecule has 1 saturated heterocycles. The van der Waals surface area contributed by atoms with E-state index in [1.165, 1.54) is 0 Å². The van der Waals surface area contributed by atoms with Crippen molar-refractivity contribution in [3.05, 3.63) is 29.8 Å². The van der Waals surface area contributed by atoms with Gasteiger partial charge in [0.25, 0.3) is 5.91 Å². The van der Waals surface area contributed by atoms with Crippen LogP contribution >= 0.6 is 11.8 Å². The Hall–Kier alpha value is -1.53. The van der Waals surface area contributed by atoms with Gasteiger partial charge in [-0.3, -0.25) is 9.59 Å². The third-order valence-electron chi connectivity index (χ3n) is 3.46. The van der Waals surface area contributed by atoms with Crippen molar-refractivity contribution in [2.75, 3.05) is 13.2 Å². The molecule has 6 heteroatoms. The van der Waals surface area contributed by atoms with Gasteiger partial charge in [-0.1, -0.05) is 13.8 Å². The molecule has 22 heavy (non-hydrogen) atoms. The summed E-state index contributed by atoms with van der Waals surface area (Å²) in [5.74, 6) is -1.19. The Morgan fingerprint density at radius 3 is 2.55 bits per heavy atom. The van der Waals surface area contributed by atoms with E-state index < -0.39 is 11.5 Å². The average Bonchev–Trinajstić information content (AvgIpc) is 2.86. The summed E-state index contributed by atoms with van der Waals surface area (Å²) in [5.41, 5.74) is -0.265. The number of amides is 1. The molecule has 1 unspecified atom stereocenters. The molecule has 1 fully saturated rings. The summed E-state index contributed by atoms with van der Waals surface area (Å²) in [6.45, 7) is 4.94. The quantitative estimate of drug-likeness (QED) is 0.787. The highest BCUT2D eigenvalue weighted by atomic mass is 32.2. The van der Waals surface area contributed by atoms with Crippen molar-refractivity contribution >= 4 is 23.6 Å². The van der Waals surface area contributed by atoms with Crippen LogP contribution in [-0.4, -0.2) is 41.0 Å². The first-order valence-electron chi connectivity index (χ1n) is 7.29. The molecule has 2 N–H and O–H groups in total. The zero-order valence-electron chi connectivity index (χ0n) is 12.8. The molecule has 0 bridgehead atoms. The Labute approximate surface area is 134 Å². The van der Waals surface area contributed by atoms with Crippen molar-refractivity contribution in [3.8, 4) is 0 Å². The van der Waals surface area contributed by atoms with Crippen molar-refractivity contribution in [2.45, 2.75) is 42.4 Å². The van der Waals surface area contributed by atoms with E-state index in [9.17, 15) is 9.59 Å². The molecule has 1 aromatic rings. The lowest BCUT2D eigenvalue weighted by Gasteiger charge is -2.27. The molecule has 1 amide bonds. The second kappa shape index (κ2) is 7.15. The number of carboxylic acid groups (broad SMARTS) is 1. The highest BCUT2D eigenvalue weighted by molar-refractivity contribution is 7.99. The number of hydrogen-bond donors (Lipinski definition) is 2. The molecule has 0 aliphatic carbocycles. The monoisotopic (exact) mass is 323 g/mol. The molecule has 1 heterocycles. The minimum Gasteiger partial charge on any atom is -0.481 e. The fraction of sp³-hybridized carbons (Fsp3) is 0.500. The summed E-state index contributed by atoms with van der Waals surface area (Å²) in [5, 5.41) is 12.4. The first kappa shape index (κ1) is 16.8. The van der Waals surface area contributed by atoms with Crippen LogP contribution in [0.4, 0.5) is 0 Å². The first-order chi connectivity index (χ1) is 10.4. The molecular formula is C16H21NO4S. The highest BCUT2D eigenvalue weighted by Gasteiger charge is 2.38. The van der Waals surface area contributed by atoms with Gasteiger partial charge >= 0.3 is 5.97 Å². The highest BCUT2D eigenvalue weighted by Crippen LogP contribution is 2.25. The number of aliphatic carboxylic acids is 1. The van der Waals surface area contributed by atoms with Crippen molar-refractivity contribution in [1.82, 2.24) is 5.32 Å². The fourth-order valence-electron chi connectivity index (χ4n) is 2.45. The Balaban J connectivity index is 2.05. The number of hydrogen-bond acceptors (Lipinski definition) is 4. The third-order valence-corrected chi connectivity index (χ3v) is 4.48. The lowest BCUT2D eigenvalue weighted by Crippen LogP contribution is -2.50. The maximum Gasteiger partial charge on any atom is 0.305 e. The molecule has 1 atom stereocenters. The van der Waals surface area contributed by atoms with Crippen LogP contribution < -0.4 is 5.32 Å². The van der Waals surface area contributed by atoms with Crippen LogP contribution in [0.5, 0.6) is 0 Å². The van der Waals surface area contributed by atoms with Crippen LogP contribution in [0.15, 0.2) is 29.2 Å². The minimum atomic E-state index is -0.936. The van der Waals surface area contributed by atoms with Crippen molar-refractivity contribution < 1.29 is 19.4 Å². The number of ether oxygens (including phenoxy) is 1. The van der Waals surface area contributed by atoms with Gasteiger partial charge in [0.05, 0.1) is 18.6 Å². The third kappa shape index (κ3) is 4.48. The summed E-state index contributed by atoms with van der Waals surface area (Å²) in [7, 11) is 0. The molecule has 1 aliphatic rings. The van der Waals surface area contributed by atoms with Gasteiger partial charge < -0.3 is 15.2 Å². The Bertz CT molecular complexity index is 536. The van der Waals surface area contributed by atoms with E-state index in [4.69, 9.17) is 9.84 Å². The van der Waals surface area contributed by atoms with Crippen LogP contribution in [0.1, 0.15) is 37.0 Å². The lowest BCUT2D eigenvalue weighted by molar-refractivity contribution is -0.138. The Morgan fingerprint density at radius 1 is 1.36 bits per heavy atom. The van der Waals surface area contributed by atoms with E-state index in [-0.39, 0.29) is 18.9 Å². The van der Waals surface area contributed by atoms with Gasteiger partial charge in [-0.15, -0.1) is 11.8 Å². The zero-order valence-corrected chi connectivity index (χ0v) is 13.6. The number of carboxylic acids is 1. The van der Waals surface area contributed by atoms with E-state index in [2.05, 4.69) is 19.2 Å². The van der Waals surface area contributed by atoms with Crippen molar-refractivity contribution in [1.29, 1.82) is 0 Å². The summed E-state index contributed by atoms with van der Waals surface area (Å²) in [4.78, 5) is 24.5. The van der Waals surface area contributed by atoms with Gasteiger partial charge in [0.2, 0.25) is 0 Å². The predicted octanol–water partition coefficient (Wildman–Crippen LogP) is 2.55. The summed E-state index contributed by atoms with van der Waals surface area (Å²) < 4.78 is 5.28. The number of benzene rings is 1. The van der Waals surface area contributed by atoms with Crippen LogP contribution in [0, 0.1) is 0 Å². The molecule has 5 nitrogen and oxygen atoms in total. The molecule has 0 saturated carbocycles. The SMILES string of the molecule is CC(C)Sc1ccc(C(=O)NC2(CC(=O)O)CCOC2)cc1. The van der Waals surface area contributed by atoms with Crippen LogP contribution in [0.25, 0.3) is 0 Å². The smallest absolute Gasteiger partial charge is 0.305 e.